The zero-order valence-corrected chi connectivity index (χ0v) is 10.3. The molecule has 0 aliphatic carbocycles. The highest BCUT2D eigenvalue weighted by Gasteiger charge is 2.36. The standard InChI is InChI=1S/C11H24N2O2/c1-8(5-12)9(2)13-6-10(14-3)11(7-13)15-4/h8-11H,5-7,12H2,1-4H3. The SMILES string of the molecule is COC1CN(C(C)C(C)CN)CC1OC. The first kappa shape index (κ1) is 12.9. The number of nitrogens with zero attached hydrogens (tertiary/aromatic N) is 1. The maximum Gasteiger partial charge on any atom is 0.0971 e. The number of hydrogen-bond acceptors (Lipinski definition) is 4. The van der Waals surface area contributed by atoms with Gasteiger partial charge in [-0.1, -0.05) is 6.92 Å². The van der Waals surface area contributed by atoms with Gasteiger partial charge in [-0.05, 0) is 19.4 Å². The highest BCUT2D eigenvalue weighted by atomic mass is 16.5. The highest BCUT2D eigenvalue weighted by molar-refractivity contribution is 4.89. The first-order valence-corrected chi connectivity index (χ1v) is 5.63. The molecule has 1 aliphatic heterocycles. The van der Waals surface area contributed by atoms with Gasteiger partial charge in [0.2, 0.25) is 0 Å². The van der Waals surface area contributed by atoms with Gasteiger partial charge in [0.25, 0.3) is 0 Å². The topological polar surface area (TPSA) is 47.7 Å². The first-order chi connectivity index (χ1) is 7.13. The number of methoxy groups -OCH3 is 2. The average molecular weight is 216 g/mol. The Hall–Kier alpha value is -0.160. The molecular weight excluding hydrogens is 192 g/mol. The van der Waals surface area contributed by atoms with Crippen molar-refractivity contribution in [1.82, 2.24) is 4.90 Å². The third kappa shape index (κ3) is 2.91. The Labute approximate surface area is 92.7 Å². The molecule has 4 unspecified atom stereocenters. The number of hydrogen-bond donors (Lipinski definition) is 1. The second-order valence-electron chi connectivity index (χ2n) is 4.46. The molecule has 0 radical (unpaired) electrons. The molecular formula is C11H24N2O2. The molecule has 0 saturated carbocycles. The molecule has 1 fully saturated rings. The molecule has 4 nitrogen and oxygen atoms in total. The summed E-state index contributed by atoms with van der Waals surface area (Å²) < 4.78 is 10.8. The van der Waals surface area contributed by atoms with E-state index in [2.05, 4.69) is 18.7 Å². The fraction of sp³-hybridized carbons (Fsp3) is 1.00. The van der Waals surface area contributed by atoms with Gasteiger partial charge in [-0.3, -0.25) is 4.90 Å². The maximum absolute atomic E-state index is 5.69. The molecule has 0 spiro atoms. The fourth-order valence-corrected chi connectivity index (χ4v) is 2.11. The third-order valence-corrected chi connectivity index (χ3v) is 3.62. The van der Waals surface area contributed by atoms with Gasteiger partial charge in [-0.25, -0.2) is 0 Å². The van der Waals surface area contributed by atoms with Crippen LogP contribution in [0.1, 0.15) is 13.8 Å². The van der Waals surface area contributed by atoms with Crippen LogP contribution in [0.4, 0.5) is 0 Å². The summed E-state index contributed by atoms with van der Waals surface area (Å²) in [5.41, 5.74) is 5.69. The van der Waals surface area contributed by atoms with Crippen LogP contribution in [0.3, 0.4) is 0 Å². The Bertz CT molecular complexity index is 177. The van der Waals surface area contributed by atoms with Crippen molar-refractivity contribution in [3.8, 4) is 0 Å². The summed E-state index contributed by atoms with van der Waals surface area (Å²) in [6.45, 7) is 7.03. The molecule has 4 atom stereocenters. The molecule has 0 aromatic carbocycles. The van der Waals surface area contributed by atoms with E-state index in [1.165, 1.54) is 0 Å². The Kier molecular flexibility index (Phi) is 4.99. The molecule has 2 N–H and O–H groups in total. The van der Waals surface area contributed by atoms with Crippen molar-refractivity contribution in [3.63, 3.8) is 0 Å². The zero-order chi connectivity index (χ0) is 11.4. The lowest BCUT2D eigenvalue weighted by Crippen LogP contribution is -2.39. The lowest BCUT2D eigenvalue weighted by Gasteiger charge is -2.28. The molecule has 90 valence electrons. The van der Waals surface area contributed by atoms with Crippen LogP contribution < -0.4 is 5.73 Å². The van der Waals surface area contributed by atoms with Crippen LogP contribution in [0.15, 0.2) is 0 Å². The van der Waals surface area contributed by atoms with Gasteiger partial charge in [0.05, 0.1) is 12.2 Å². The van der Waals surface area contributed by atoms with Crippen LogP contribution in [-0.4, -0.2) is 57.0 Å². The normalized spacial score (nSPS) is 31.8. The summed E-state index contributed by atoms with van der Waals surface area (Å²) in [4.78, 5) is 2.40. The monoisotopic (exact) mass is 216 g/mol. The minimum atomic E-state index is 0.197. The van der Waals surface area contributed by atoms with E-state index in [1.54, 1.807) is 14.2 Å². The molecule has 0 aromatic rings. The molecule has 15 heavy (non-hydrogen) atoms. The zero-order valence-electron chi connectivity index (χ0n) is 10.3. The van der Waals surface area contributed by atoms with Crippen molar-refractivity contribution in [3.05, 3.63) is 0 Å². The van der Waals surface area contributed by atoms with Gasteiger partial charge < -0.3 is 15.2 Å². The molecule has 0 bridgehead atoms. The second-order valence-corrected chi connectivity index (χ2v) is 4.46. The van der Waals surface area contributed by atoms with Crippen LogP contribution in [0.25, 0.3) is 0 Å². The van der Waals surface area contributed by atoms with E-state index >= 15 is 0 Å². The summed E-state index contributed by atoms with van der Waals surface area (Å²) in [7, 11) is 3.49. The largest absolute Gasteiger partial charge is 0.377 e. The van der Waals surface area contributed by atoms with E-state index in [9.17, 15) is 0 Å². The van der Waals surface area contributed by atoms with Crippen LogP contribution in [0, 0.1) is 5.92 Å². The second kappa shape index (κ2) is 5.80. The smallest absolute Gasteiger partial charge is 0.0971 e. The van der Waals surface area contributed by atoms with Crippen molar-refractivity contribution < 1.29 is 9.47 Å². The lowest BCUT2D eigenvalue weighted by molar-refractivity contribution is -0.00461. The number of rotatable bonds is 5. The van der Waals surface area contributed by atoms with Gasteiger partial charge in [-0.2, -0.15) is 0 Å². The maximum atomic E-state index is 5.69. The van der Waals surface area contributed by atoms with Gasteiger partial charge in [0, 0.05) is 33.4 Å². The minimum Gasteiger partial charge on any atom is -0.377 e. The molecule has 4 heteroatoms. The minimum absolute atomic E-state index is 0.197. The summed E-state index contributed by atoms with van der Waals surface area (Å²) in [6.07, 6.45) is 0.393. The predicted octanol–water partition coefficient (Wildman–Crippen LogP) is 0.315. The number of likely N-dealkylation sites (tertiary alicyclic amines) is 1. The van der Waals surface area contributed by atoms with Crippen molar-refractivity contribution >= 4 is 0 Å². The molecule has 0 amide bonds. The summed E-state index contributed by atoms with van der Waals surface area (Å²) in [5, 5.41) is 0. The van der Waals surface area contributed by atoms with Gasteiger partial charge in [-0.15, -0.1) is 0 Å². The van der Waals surface area contributed by atoms with E-state index in [-0.39, 0.29) is 12.2 Å². The van der Waals surface area contributed by atoms with E-state index in [0.29, 0.717) is 12.0 Å². The molecule has 1 aliphatic rings. The van der Waals surface area contributed by atoms with Crippen molar-refractivity contribution in [2.45, 2.75) is 32.1 Å². The summed E-state index contributed by atoms with van der Waals surface area (Å²) >= 11 is 0. The van der Waals surface area contributed by atoms with Crippen molar-refractivity contribution in [1.29, 1.82) is 0 Å². The van der Waals surface area contributed by atoms with Crippen LogP contribution >= 0.6 is 0 Å². The van der Waals surface area contributed by atoms with Crippen molar-refractivity contribution in [2.24, 2.45) is 11.7 Å². The van der Waals surface area contributed by atoms with Crippen LogP contribution in [0.2, 0.25) is 0 Å². The van der Waals surface area contributed by atoms with Crippen molar-refractivity contribution in [2.75, 3.05) is 33.9 Å². The number of ether oxygens (including phenoxy) is 2. The molecule has 0 aromatic heterocycles. The third-order valence-electron chi connectivity index (χ3n) is 3.62. The highest BCUT2D eigenvalue weighted by Crippen LogP contribution is 2.21. The Morgan fingerprint density at radius 1 is 1.20 bits per heavy atom. The Morgan fingerprint density at radius 2 is 1.67 bits per heavy atom. The quantitative estimate of drug-likeness (QED) is 0.719. The van der Waals surface area contributed by atoms with E-state index < -0.39 is 0 Å². The average Bonchev–Trinajstić information content (AvgIpc) is 2.69. The molecule has 1 heterocycles. The van der Waals surface area contributed by atoms with Gasteiger partial charge in [0.1, 0.15) is 0 Å². The van der Waals surface area contributed by atoms with Crippen LogP contribution in [0.5, 0.6) is 0 Å². The van der Waals surface area contributed by atoms with E-state index in [0.717, 1.165) is 19.6 Å². The molecule has 1 rings (SSSR count). The van der Waals surface area contributed by atoms with E-state index in [4.69, 9.17) is 15.2 Å². The lowest BCUT2D eigenvalue weighted by atomic mass is 10.0. The van der Waals surface area contributed by atoms with E-state index in [1.807, 2.05) is 0 Å². The van der Waals surface area contributed by atoms with Crippen LogP contribution in [-0.2, 0) is 9.47 Å². The first-order valence-electron chi connectivity index (χ1n) is 5.63. The molecule has 1 saturated heterocycles. The predicted molar refractivity (Wildman–Crippen MR) is 60.8 cm³/mol. The van der Waals surface area contributed by atoms with Gasteiger partial charge in [0.15, 0.2) is 0 Å². The summed E-state index contributed by atoms with van der Waals surface area (Å²) in [5.74, 6) is 0.512. The number of nitrogens with two attached hydrogens (primary N) is 1. The Morgan fingerprint density at radius 3 is 2.00 bits per heavy atom. The van der Waals surface area contributed by atoms with Gasteiger partial charge >= 0.3 is 0 Å². The Balaban J connectivity index is 2.52. The fourth-order valence-electron chi connectivity index (χ4n) is 2.11. The summed E-state index contributed by atoms with van der Waals surface area (Å²) in [6, 6.07) is 0.493.